The lowest BCUT2D eigenvalue weighted by Gasteiger charge is -2.56. The third-order valence-electron chi connectivity index (χ3n) is 8.66. The highest BCUT2D eigenvalue weighted by Crippen LogP contribution is 2.65. The van der Waals surface area contributed by atoms with Gasteiger partial charge in [-0.1, -0.05) is 27.7 Å². The number of hydrogen-bond donors (Lipinski definition) is 0. The van der Waals surface area contributed by atoms with Crippen molar-refractivity contribution in [2.75, 3.05) is 6.61 Å². The second-order valence-electron chi connectivity index (χ2n) is 11.8. The van der Waals surface area contributed by atoms with Crippen LogP contribution in [0, 0.1) is 23.2 Å². The van der Waals surface area contributed by atoms with Gasteiger partial charge in [0.05, 0.1) is 5.60 Å². The van der Waals surface area contributed by atoms with Crippen molar-refractivity contribution in [1.82, 2.24) is 0 Å². The van der Waals surface area contributed by atoms with E-state index in [1.807, 2.05) is 0 Å². The number of aldehydes is 1. The molecule has 3 rings (SSSR count). The van der Waals surface area contributed by atoms with Crippen molar-refractivity contribution in [1.29, 1.82) is 0 Å². The van der Waals surface area contributed by atoms with Crippen LogP contribution >= 0.6 is 0 Å². The fraction of sp³-hybridized carbons (Fsp3) is 0.917. The van der Waals surface area contributed by atoms with Gasteiger partial charge in [-0.25, -0.2) is 0 Å². The largest absolute Gasteiger partial charge is 0.414 e. The molecule has 2 aliphatic heterocycles. The minimum absolute atomic E-state index is 0.00454. The second kappa shape index (κ2) is 8.09. The molecule has 0 N–H and O–H groups in total. The van der Waals surface area contributed by atoms with Crippen molar-refractivity contribution in [3.05, 3.63) is 0 Å². The van der Waals surface area contributed by atoms with Crippen molar-refractivity contribution in [3.63, 3.8) is 0 Å². The molecule has 1 saturated carbocycles. The van der Waals surface area contributed by atoms with Gasteiger partial charge in [-0.3, -0.25) is 4.79 Å². The molecule has 3 fully saturated rings. The third-order valence-corrected chi connectivity index (χ3v) is 13.2. The van der Waals surface area contributed by atoms with Crippen molar-refractivity contribution in [2.24, 2.45) is 23.2 Å². The molecule has 2 heterocycles. The summed E-state index contributed by atoms with van der Waals surface area (Å²) in [6.07, 6.45) is 4.17. The maximum absolute atomic E-state index is 13.2. The molecule has 0 amide bonds. The maximum atomic E-state index is 13.2. The zero-order chi connectivity index (χ0) is 22.5. The Morgan fingerprint density at radius 2 is 1.97 bits per heavy atom. The summed E-state index contributed by atoms with van der Waals surface area (Å²) in [6, 6.07) is 0. The van der Waals surface area contributed by atoms with Crippen molar-refractivity contribution < 1.29 is 23.5 Å². The topological polar surface area (TPSA) is 61.8 Å². The molecule has 0 unspecified atom stereocenters. The van der Waals surface area contributed by atoms with Crippen LogP contribution in [0.25, 0.3) is 0 Å². The highest BCUT2D eigenvalue weighted by Gasteiger charge is 2.69. The predicted molar refractivity (Wildman–Crippen MR) is 120 cm³/mol. The summed E-state index contributed by atoms with van der Waals surface area (Å²) in [4.78, 5) is 24.6. The first-order valence-corrected chi connectivity index (χ1v) is 14.6. The molecule has 1 spiro atoms. The predicted octanol–water partition coefficient (Wildman–Crippen LogP) is 5.13. The summed E-state index contributed by atoms with van der Waals surface area (Å²) in [6.45, 7) is 18.2. The van der Waals surface area contributed by atoms with Gasteiger partial charge < -0.3 is 18.7 Å². The van der Waals surface area contributed by atoms with Crippen LogP contribution in [-0.4, -0.2) is 45.0 Å². The first kappa shape index (κ1) is 24.1. The average Bonchev–Trinajstić information content (AvgIpc) is 2.86. The summed E-state index contributed by atoms with van der Waals surface area (Å²) < 4.78 is 19.7. The van der Waals surface area contributed by atoms with Crippen LogP contribution in [0.1, 0.15) is 73.6 Å². The zero-order valence-electron chi connectivity index (χ0n) is 20.2. The van der Waals surface area contributed by atoms with Gasteiger partial charge in [-0.15, -0.1) is 0 Å². The molecule has 0 aromatic heterocycles. The van der Waals surface area contributed by atoms with Gasteiger partial charge in [0.1, 0.15) is 12.1 Å². The Kier molecular flexibility index (Phi) is 6.50. The lowest BCUT2D eigenvalue weighted by atomic mass is 9.50. The molecular weight excluding hydrogens is 396 g/mol. The van der Waals surface area contributed by atoms with Gasteiger partial charge in [-0.05, 0) is 51.2 Å². The number of carbonyl (C=O) groups excluding carboxylic acids is 2. The average molecular weight is 439 g/mol. The van der Waals surface area contributed by atoms with Gasteiger partial charge >= 0.3 is 0 Å². The summed E-state index contributed by atoms with van der Waals surface area (Å²) >= 11 is 0. The second-order valence-corrected chi connectivity index (χ2v) is 16.6. The molecule has 30 heavy (non-hydrogen) atoms. The lowest BCUT2D eigenvalue weighted by molar-refractivity contribution is -0.236. The standard InChI is InChI=1S/C24H42O5Si/c1-16-17(26)15-19-23(5,6)28-21-24(19,12-10-14-27-21)20(16)18(11-9-13-25)29-30(7,8)22(2,3)4/h13,16,18-21H,9-12,14-15H2,1-8H3/t16-,18+,19-,20+,21-,24+/m0/s1. The number of hydrogen-bond acceptors (Lipinski definition) is 5. The summed E-state index contributed by atoms with van der Waals surface area (Å²) in [7, 11) is -2.10. The van der Waals surface area contributed by atoms with Crippen LogP contribution in [0.3, 0.4) is 0 Å². The van der Waals surface area contributed by atoms with E-state index in [9.17, 15) is 9.59 Å². The Morgan fingerprint density at radius 1 is 1.30 bits per heavy atom. The molecule has 0 aromatic carbocycles. The van der Waals surface area contributed by atoms with Crippen LogP contribution in [0.4, 0.5) is 0 Å². The van der Waals surface area contributed by atoms with Gasteiger partial charge in [0.25, 0.3) is 0 Å². The number of Topliss-reactive ketones (excluding diaryl/α,β-unsaturated/α-hetero) is 1. The summed E-state index contributed by atoms with van der Waals surface area (Å²) in [5.74, 6) is 0.300. The van der Waals surface area contributed by atoms with E-state index in [1.54, 1.807) is 0 Å². The van der Waals surface area contributed by atoms with Crippen LogP contribution < -0.4 is 0 Å². The molecule has 0 bridgehead atoms. The molecule has 2 saturated heterocycles. The zero-order valence-corrected chi connectivity index (χ0v) is 21.2. The minimum Gasteiger partial charge on any atom is -0.414 e. The van der Waals surface area contributed by atoms with E-state index in [4.69, 9.17) is 13.9 Å². The first-order valence-electron chi connectivity index (χ1n) is 11.7. The van der Waals surface area contributed by atoms with Gasteiger partial charge in [-0.2, -0.15) is 0 Å². The Morgan fingerprint density at radius 3 is 2.57 bits per heavy atom. The molecule has 5 nitrogen and oxygen atoms in total. The lowest BCUT2D eigenvalue weighted by Crippen LogP contribution is -2.61. The van der Waals surface area contributed by atoms with Crippen LogP contribution in [0.5, 0.6) is 0 Å². The van der Waals surface area contributed by atoms with E-state index >= 15 is 0 Å². The van der Waals surface area contributed by atoms with E-state index in [2.05, 4.69) is 54.6 Å². The van der Waals surface area contributed by atoms with Gasteiger partial charge in [0.2, 0.25) is 0 Å². The van der Waals surface area contributed by atoms with E-state index in [-0.39, 0.29) is 40.6 Å². The fourth-order valence-corrected chi connectivity index (χ4v) is 7.52. The Labute approximate surface area is 183 Å². The monoisotopic (exact) mass is 438 g/mol. The molecule has 0 aromatic rings. The first-order chi connectivity index (χ1) is 13.8. The van der Waals surface area contributed by atoms with Crippen LogP contribution in [0.15, 0.2) is 0 Å². The van der Waals surface area contributed by atoms with Gasteiger partial charge in [0.15, 0.2) is 14.6 Å². The van der Waals surface area contributed by atoms with E-state index in [1.165, 1.54) is 0 Å². The molecular formula is C24H42O5Si. The van der Waals surface area contributed by atoms with E-state index in [0.29, 0.717) is 31.7 Å². The quantitative estimate of drug-likeness (QED) is 0.425. The number of rotatable bonds is 6. The Hall–Kier alpha value is -0.563. The van der Waals surface area contributed by atoms with Crippen molar-refractivity contribution in [2.45, 2.75) is 110 Å². The smallest absolute Gasteiger partial charge is 0.192 e. The maximum Gasteiger partial charge on any atom is 0.192 e. The van der Waals surface area contributed by atoms with Crippen molar-refractivity contribution in [3.8, 4) is 0 Å². The molecule has 6 heteroatoms. The highest BCUT2D eigenvalue weighted by molar-refractivity contribution is 6.74. The molecule has 3 aliphatic rings. The molecule has 6 atom stereocenters. The fourth-order valence-electron chi connectivity index (χ4n) is 6.14. The number of ether oxygens (including phenoxy) is 2. The third kappa shape index (κ3) is 3.87. The molecule has 0 radical (unpaired) electrons. The van der Waals surface area contributed by atoms with Gasteiger partial charge in [0, 0.05) is 48.7 Å². The normalized spacial score (nSPS) is 37.4. The van der Waals surface area contributed by atoms with E-state index < -0.39 is 13.9 Å². The summed E-state index contributed by atoms with van der Waals surface area (Å²) in [5.41, 5.74) is -0.639. The molecule has 1 aliphatic carbocycles. The molecule has 172 valence electrons. The Bertz CT molecular complexity index is 667. The SMILES string of the molecule is C[C@H]1C(=O)C[C@H]2C(C)(C)O[C@@H]3OCCC[C@@]32[C@H]1[C@@H](CCC=O)O[Si](C)(C)C(C)(C)C. The minimum atomic E-state index is -2.10. The Balaban J connectivity index is 2.09. The number of carbonyl (C=O) groups is 2. The van der Waals surface area contributed by atoms with Crippen LogP contribution in [-0.2, 0) is 23.5 Å². The summed E-state index contributed by atoms with van der Waals surface area (Å²) in [5, 5.41) is 0.0549. The highest BCUT2D eigenvalue weighted by atomic mass is 28.4. The van der Waals surface area contributed by atoms with Crippen LogP contribution in [0.2, 0.25) is 18.1 Å². The van der Waals surface area contributed by atoms with E-state index in [0.717, 1.165) is 19.1 Å². The van der Waals surface area contributed by atoms with Crippen molar-refractivity contribution >= 4 is 20.4 Å². The number of ketones is 1.